The molecule has 1 aliphatic rings. The fourth-order valence-corrected chi connectivity index (χ4v) is 5.92. The molecule has 0 N–H and O–H groups in total. The number of aromatic nitrogens is 1. The van der Waals surface area contributed by atoms with E-state index in [9.17, 15) is 4.79 Å². The number of thiazole rings is 1. The van der Waals surface area contributed by atoms with Gasteiger partial charge in [0.05, 0.1) is 10.2 Å². The molecule has 0 fully saturated rings. The quantitative estimate of drug-likeness (QED) is 0.399. The number of para-hydroxylation sites is 1. The number of hydrogen-bond acceptors (Lipinski definition) is 5. The van der Waals surface area contributed by atoms with Crippen molar-refractivity contribution in [3.05, 3.63) is 53.1 Å². The lowest BCUT2D eigenvalue weighted by Gasteiger charge is -2.25. The Balaban J connectivity index is 1.69. The molecule has 1 aliphatic carbocycles. The van der Waals surface area contributed by atoms with Gasteiger partial charge in [-0.1, -0.05) is 37.3 Å². The van der Waals surface area contributed by atoms with Gasteiger partial charge in [0, 0.05) is 23.5 Å². The number of fused-ring (bicyclic) bond motifs is 2. The number of carbonyl (C=O) groups excluding carboxylic acids is 1. The predicted molar refractivity (Wildman–Crippen MR) is 134 cm³/mol. The van der Waals surface area contributed by atoms with Crippen LogP contribution >= 0.6 is 23.1 Å². The van der Waals surface area contributed by atoms with Gasteiger partial charge in [0.25, 0.3) is 5.91 Å². The Labute approximate surface area is 193 Å². The zero-order chi connectivity index (χ0) is 21.8. The first kappa shape index (κ1) is 22.3. The van der Waals surface area contributed by atoms with Crippen molar-refractivity contribution in [2.75, 3.05) is 37.3 Å². The summed E-state index contributed by atoms with van der Waals surface area (Å²) >= 11 is 3.32. The normalized spacial score (nSPS) is 13.5. The van der Waals surface area contributed by atoms with Crippen LogP contribution in [-0.2, 0) is 12.8 Å². The second-order valence-electron chi connectivity index (χ2n) is 7.98. The van der Waals surface area contributed by atoms with Gasteiger partial charge in [0.2, 0.25) is 0 Å². The van der Waals surface area contributed by atoms with Gasteiger partial charge in [0.1, 0.15) is 0 Å². The molecule has 31 heavy (non-hydrogen) atoms. The SMILES string of the molecule is CCN(CC)CCN(C(=O)c1ccc2c(c1)CCCC2)c1nc2c(SC)cccc2s1. The smallest absolute Gasteiger partial charge is 0.260 e. The Morgan fingerprint density at radius 2 is 1.84 bits per heavy atom. The van der Waals surface area contributed by atoms with Crippen LogP contribution in [0, 0.1) is 0 Å². The van der Waals surface area contributed by atoms with E-state index in [-0.39, 0.29) is 5.91 Å². The number of anilines is 1. The largest absolute Gasteiger partial charge is 0.302 e. The molecule has 6 heteroatoms. The van der Waals surface area contributed by atoms with Crippen molar-refractivity contribution in [3.8, 4) is 0 Å². The first-order valence-corrected chi connectivity index (χ1v) is 13.3. The van der Waals surface area contributed by atoms with Crippen LogP contribution < -0.4 is 4.90 Å². The number of benzene rings is 2. The molecule has 0 bridgehead atoms. The first-order chi connectivity index (χ1) is 15.1. The zero-order valence-electron chi connectivity index (χ0n) is 18.7. The molecule has 0 spiro atoms. The van der Waals surface area contributed by atoms with Crippen molar-refractivity contribution in [2.24, 2.45) is 0 Å². The third-order valence-corrected chi connectivity index (χ3v) is 8.01. The Hall–Kier alpha value is -1.89. The Morgan fingerprint density at radius 1 is 1.06 bits per heavy atom. The van der Waals surface area contributed by atoms with Gasteiger partial charge in [0.15, 0.2) is 5.13 Å². The minimum absolute atomic E-state index is 0.0605. The van der Waals surface area contributed by atoms with Crippen molar-refractivity contribution >= 4 is 44.4 Å². The Bertz CT molecular complexity index is 1060. The van der Waals surface area contributed by atoms with E-state index in [4.69, 9.17) is 4.98 Å². The number of amides is 1. The minimum Gasteiger partial charge on any atom is -0.302 e. The summed E-state index contributed by atoms with van der Waals surface area (Å²) in [6.07, 6.45) is 6.74. The van der Waals surface area contributed by atoms with E-state index < -0.39 is 0 Å². The standard InChI is InChI=1S/C25H31N3OS2/c1-4-27(5-2)15-16-28(25-26-23-21(30-3)11-8-12-22(23)31-25)24(29)20-14-13-18-9-6-7-10-19(18)17-20/h8,11-14,17H,4-7,9-10,15-16H2,1-3H3. The monoisotopic (exact) mass is 453 g/mol. The average Bonchev–Trinajstić information content (AvgIpc) is 3.25. The molecule has 0 radical (unpaired) electrons. The van der Waals surface area contributed by atoms with Crippen LogP contribution in [0.15, 0.2) is 41.3 Å². The van der Waals surface area contributed by atoms with Crippen LogP contribution in [0.2, 0.25) is 0 Å². The number of likely N-dealkylation sites (N-methyl/N-ethyl adjacent to an activating group) is 1. The number of carbonyl (C=O) groups is 1. The van der Waals surface area contributed by atoms with E-state index in [0.717, 1.165) is 58.3 Å². The summed E-state index contributed by atoms with van der Waals surface area (Å²) < 4.78 is 1.13. The lowest BCUT2D eigenvalue weighted by atomic mass is 9.90. The van der Waals surface area contributed by atoms with Crippen molar-refractivity contribution in [1.82, 2.24) is 9.88 Å². The summed E-state index contributed by atoms with van der Waals surface area (Å²) in [4.78, 5) is 24.1. The molecule has 0 saturated carbocycles. The van der Waals surface area contributed by atoms with Gasteiger partial charge in [-0.15, -0.1) is 11.8 Å². The fraction of sp³-hybridized carbons (Fsp3) is 0.440. The van der Waals surface area contributed by atoms with Crippen molar-refractivity contribution in [3.63, 3.8) is 0 Å². The van der Waals surface area contributed by atoms with Crippen molar-refractivity contribution < 1.29 is 4.79 Å². The molecule has 1 heterocycles. The summed E-state index contributed by atoms with van der Waals surface area (Å²) in [6.45, 7) is 7.78. The van der Waals surface area contributed by atoms with Gasteiger partial charge < -0.3 is 4.90 Å². The van der Waals surface area contributed by atoms with E-state index in [2.05, 4.69) is 55.3 Å². The summed E-state index contributed by atoms with van der Waals surface area (Å²) in [7, 11) is 0. The molecule has 0 atom stereocenters. The molecule has 4 rings (SSSR count). The molecule has 4 nitrogen and oxygen atoms in total. The van der Waals surface area contributed by atoms with Gasteiger partial charge in [-0.3, -0.25) is 9.69 Å². The lowest BCUT2D eigenvalue weighted by Crippen LogP contribution is -2.39. The predicted octanol–water partition coefficient (Wildman–Crippen LogP) is 5.89. The van der Waals surface area contributed by atoms with E-state index in [1.165, 1.54) is 24.0 Å². The summed E-state index contributed by atoms with van der Waals surface area (Å²) in [5, 5.41) is 0.798. The maximum atomic E-state index is 13.7. The molecule has 1 aromatic heterocycles. The number of aryl methyl sites for hydroxylation is 2. The van der Waals surface area contributed by atoms with Crippen molar-refractivity contribution in [2.45, 2.75) is 44.4 Å². The second kappa shape index (κ2) is 10.2. The fourth-order valence-electron chi connectivity index (χ4n) is 4.28. The van der Waals surface area contributed by atoms with Gasteiger partial charge in [-0.25, -0.2) is 4.98 Å². The van der Waals surface area contributed by atoms with Gasteiger partial charge in [-0.2, -0.15) is 0 Å². The van der Waals surface area contributed by atoms with Crippen LogP contribution in [0.5, 0.6) is 0 Å². The topological polar surface area (TPSA) is 36.4 Å². The van der Waals surface area contributed by atoms with Crippen LogP contribution in [0.25, 0.3) is 10.2 Å². The molecule has 1 amide bonds. The number of hydrogen-bond donors (Lipinski definition) is 0. The van der Waals surface area contributed by atoms with E-state index >= 15 is 0 Å². The lowest BCUT2D eigenvalue weighted by molar-refractivity contribution is 0.0983. The maximum absolute atomic E-state index is 13.7. The third-order valence-electron chi connectivity index (χ3n) is 6.20. The van der Waals surface area contributed by atoms with Crippen LogP contribution in [0.3, 0.4) is 0 Å². The highest BCUT2D eigenvalue weighted by atomic mass is 32.2. The molecule has 0 aliphatic heterocycles. The summed E-state index contributed by atoms with van der Waals surface area (Å²) in [6, 6.07) is 12.6. The third kappa shape index (κ3) is 4.81. The maximum Gasteiger partial charge on any atom is 0.260 e. The highest BCUT2D eigenvalue weighted by Crippen LogP contribution is 2.35. The Morgan fingerprint density at radius 3 is 2.58 bits per heavy atom. The number of rotatable bonds is 8. The van der Waals surface area contributed by atoms with E-state index in [0.29, 0.717) is 6.54 Å². The first-order valence-electron chi connectivity index (χ1n) is 11.2. The summed E-state index contributed by atoms with van der Waals surface area (Å²) in [5.41, 5.74) is 4.53. The van der Waals surface area contributed by atoms with Crippen LogP contribution in [0.1, 0.15) is 48.2 Å². The molecular formula is C25H31N3OS2. The molecule has 2 aromatic carbocycles. The van der Waals surface area contributed by atoms with Crippen LogP contribution in [-0.4, -0.2) is 48.2 Å². The molecule has 0 saturated heterocycles. The zero-order valence-corrected chi connectivity index (χ0v) is 20.3. The average molecular weight is 454 g/mol. The second-order valence-corrected chi connectivity index (χ2v) is 9.83. The van der Waals surface area contributed by atoms with Gasteiger partial charge in [-0.05, 0) is 80.4 Å². The van der Waals surface area contributed by atoms with Crippen molar-refractivity contribution in [1.29, 1.82) is 0 Å². The minimum atomic E-state index is 0.0605. The van der Waals surface area contributed by atoms with E-state index in [1.54, 1.807) is 23.1 Å². The molecule has 164 valence electrons. The summed E-state index contributed by atoms with van der Waals surface area (Å²) in [5.74, 6) is 0.0605. The van der Waals surface area contributed by atoms with E-state index in [1.807, 2.05) is 11.0 Å². The van der Waals surface area contributed by atoms with Gasteiger partial charge >= 0.3 is 0 Å². The number of nitrogens with zero attached hydrogens (tertiary/aromatic N) is 3. The highest BCUT2D eigenvalue weighted by Gasteiger charge is 2.23. The molecule has 0 unspecified atom stereocenters. The molecule has 3 aromatic rings. The molecular weight excluding hydrogens is 422 g/mol. The Kier molecular flexibility index (Phi) is 7.31. The highest BCUT2D eigenvalue weighted by molar-refractivity contribution is 7.98. The number of thioether (sulfide) groups is 1. The van der Waals surface area contributed by atoms with Crippen LogP contribution in [0.4, 0.5) is 5.13 Å².